The van der Waals surface area contributed by atoms with Gasteiger partial charge in [0.05, 0.1) is 29.2 Å². The predicted molar refractivity (Wildman–Crippen MR) is 164 cm³/mol. The second-order valence-corrected chi connectivity index (χ2v) is 11.6. The van der Waals surface area contributed by atoms with Crippen molar-refractivity contribution in [2.24, 2.45) is 10.8 Å². The summed E-state index contributed by atoms with van der Waals surface area (Å²) in [5.41, 5.74) is 14.3. The fourth-order valence-electron chi connectivity index (χ4n) is 5.67. The van der Waals surface area contributed by atoms with E-state index >= 15 is 0 Å². The number of nitrogens with zero attached hydrogens (tertiary/aromatic N) is 5. The highest BCUT2D eigenvalue weighted by molar-refractivity contribution is 6.03. The molecule has 0 radical (unpaired) electrons. The maximum absolute atomic E-state index is 13.0. The second-order valence-electron chi connectivity index (χ2n) is 11.6. The molecule has 1 unspecified atom stereocenters. The number of nitrogens with one attached hydrogen (secondary N) is 2. The third-order valence-electron chi connectivity index (χ3n) is 7.79. The first-order chi connectivity index (χ1) is 20.2. The largest absolute Gasteiger partial charge is 0.341 e. The van der Waals surface area contributed by atoms with Gasteiger partial charge in [-0.15, -0.1) is 0 Å². The van der Waals surface area contributed by atoms with Gasteiger partial charge in [0.2, 0.25) is 11.8 Å². The van der Waals surface area contributed by atoms with Gasteiger partial charge in [0.25, 0.3) is 0 Å². The smallest absolute Gasteiger partial charge is 0.242 e. The van der Waals surface area contributed by atoms with E-state index in [0.29, 0.717) is 26.1 Å². The monoisotopic (exact) mass is 564 g/mol. The van der Waals surface area contributed by atoms with E-state index < -0.39 is 5.54 Å². The van der Waals surface area contributed by atoms with E-state index in [1.807, 2.05) is 59.4 Å². The van der Waals surface area contributed by atoms with Crippen LogP contribution in [-0.4, -0.2) is 56.7 Å². The molecule has 10 heteroatoms. The van der Waals surface area contributed by atoms with Gasteiger partial charge >= 0.3 is 0 Å². The number of nitrogens with two attached hydrogens (primary N) is 1. The zero-order valence-electron chi connectivity index (χ0n) is 24.2. The zero-order valence-corrected chi connectivity index (χ0v) is 24.2. The minimum Gasteiger partial charge on any atom is -0.341 e. The standard InChI is InChI=1S/C32H36N8O2/c1-4-15-38(31(42)32(2,3)33)16-13-25-24-9-8-23(18-28(24)36-30(25)41)27-11-12-29-39(35-20-40(29)37-27)19-21-7-10-26-22(17-21)6-5-14-34-26/h5-12,14,17-18,20,25,37H,4,13,15-16,19,33H2,1-3H3,(H,36,41). The molecule has 3 aromatic rings. The normalized spacial score (nSPS) is 17.4. The molecule has 0 aliphatic carbocycles. The van der Waals surface area contributed by atoms with Gasteiger partial charge in [0.15, 0.2) is 0 Å². The van der Waals surface area contributed by atoms with Crippen molar-refractivity contribution in [1.29, 1.82) is 0 Å². The predicted octanol–water partition coefficient (Wildman–Crippen LogP) is 4.10. The molecule has 4 N–H and O–H groups in total. The van der Waals surface area contributed by atoms with Crippen molar-refractivity contribution in [2.75, 3.05) is 18.4 Å². The first-order valence-corrected chi connectivity index (χ1v) is 14.4. The molecule has 0 spiro atoms. The number of hydrogen-bond acceptors (Lipinski definition) is 8. The summed E-state index contributed by atoms with van der Waals surface area (Å²) >= 11 is 0. The Kier molecular flexibility index (Phi) is 7.16. The lowest BCUT2D eigenvalue weighted by atomic mass is 9.95. The molecule has 4 heterocycles. The molecule has 6 rings (SSSR count). The van der Waals surface area contributed by atoms with E-state index in [-0.39, 0.29) is 17.7 Å². The maximum Gasteiger partial charge on any atom is 0.242 e. The highest BCUT2D eigenvalue weighted by atomic mass is 16.2. The number of carbonyl (C=O) groups excluding carboxylic acids is 2. The number of carbonyl (C=O) groups is 2. The molecule has 10 nitrogen and oxygen atoms in total. The van der Waals surface area contributed by atoms with Gasteiger partial charge in [-0.25, -0.2) is 10.0 Å². The third kappa shape index (κ3) is 5.33. The van der Waals surface area contributed by atoms with E-state index in [0.717, 1.165) is 51.2 Å². The number of fused-ring (bicyclic) bond motifs is 3. The summed E-state index contributed by atoms with van der Waals surface area (Å²) in [6.45, 7) is 7.20. The Hall–Kier alpha value is -4.70. The Labute approximate surface area is 245 Å². The van der Waals surface area contributed by atoms with Gasteiger partial charge in [0.1, 0.15) is 12.2 Å². The topological polar surface area (TPSA) is 119 Å². The van der Waals surface area contributed by atoms with Gasteiger partial charge in [-0.3, -0.25) is 20.0 Å². The molecule has 2 amide bonds. The molecule has 1 atom stereocenters. The van der Waals surface area contributed by atoms with Gasteiger partial charge in [0, 0.05) is 35.9 Å². The SMILES string of the molecule is CCCN(CCC1C(=O)Nc2cc(C3=CC=C4N(Cc5ccc6ncccc6c5)N=CN4N3)ccc21)C(=O)C(C)(C)N. The van der Waals surface area contributed by atoms with E-state index in [1.54, 1.807) is 31.3 Å². The minimum absolute atomic E-state index is 0.0439. The fourth-order valence-corrected chi connectivity index (χ4v) is 5.67. The number of hydrazone groups is 1. The molecule has 0 saturated heterocycles. The number of pyridine rings is 1. The van der Waals surface area contributed by atoms with Crippen LogP contribution in [0.5, 0.6) is 0 Å². The summed E-state index contributed by atoms with van der Waals surface area (Å²) in [6, 6.07) is 16.3. The number of allylic oxidation sites excluding steroid dienone is 2. The molecule has 3 aliphatic rings. The van der Waals surface area contributed by atoms with Crippen LogP contribution in [-0.2, 0) is 16.1 Å². The average molecular weight is 565 g/mol. The Morgan fingerprint density at radius 2 is 1.98 bits per heavy atom. The molecule has 2 aromatic carbocycles. The molecule has 0 saturated carbocycles. The first-order valence-electron chi connectivity index (χ1n) is 14.4. The molecule has 42 heavy (non-hydrogen) atoms. The van der Waals surface area contributed by atoms with Crippen LogP contribution in [0.4, 0.5) is 5.69 Å². The van der Waals surface area contributed by atoms with Gasteiger partial charge in [-0.1, -0.05) is 31.2 Å². The summed E-state index contributed by atoms with van der Waals surface area (Å²) in [6.07, 6.45) is 9.00. The minimum atomic E-state index is -0.944. The highest BCUT2D eigenvalue weighted by Crippen LogP contribution is 2.37. The zero-order chi connectivity index (χ0) is 29.4. The van der Waals surface area contributed by atoms with Crippen LogP contribution in [0.25, 0.3) is 16.6 Å². The van der Waals surface area contributed by atoms with Crippen molar-refractivity contribution in [3.63, 3.8) is 0 Å². The molecular weight excluding hydrogens is 528 g/mol. The van der Waals surface area contributed by atoms with Crippen molar-refractivity contribution in [3.8, 4) is 0 Å². The van der Waals surface area contributed by atoms with Gasteiger partial charge in [-0.2, -0.15) is 5.10 Å². The highest BCUT2D eigenvalue weighted by Gasteiger charge is 2.34. The fraction of sp³-hybridized carbons (Fsp3) is 0.312. The van der Waals surface area contributed by atoms with Crippen molar-refractivity contribution in [1.82, 2.24) is 25.3 Å². The Balaban J connectivity index is 1.15. The first kappa shape index (κ1) is 27.5. The lowest BCUT2D eigenvalue weighted by Crippen LogP contribution is -2.51. The van der Waals surface area contributed by atoms with Gasteiger partial charge in [-0.05, 0) is 74.2 Å². The number of aromatic nitrogens is 1. The Morgan fingerprint density at radius 3 is 2.79 bits per heavy atom. The van der Waals surface area contributed by atoms with Crippen LogP contribution in [0.1, 0.15) is 56.2 Å². The third-order valence-corrected chi connectivity index (χ3v) is 7.79. The second kappa shape index (κ2) is 10.9. The molecule has 3 aliphatic heterocycles. The van der Waals surface area contributed by atoms with Crippen LogP contribution < -0.4 is 16.5 Å². The summed E-state index contributed by atoms with van der Waals surface area (Å²) in [5, 5.41) is 12.6. The van der Waals surface area contributed by atoms with Crippen molar-refractivity contribution in [3.05, 3.63) is 89.4 Å². The van der Waals surface area contributed by atoms with Crippen LogP contribution in [0.2, 0.25) is 0 Å². The summed E-state index contributed by atoms with van der Waals surface area (Å²) < 4.78 is 0. The van der Waals surface area contributed by atoms with Crippen LogP contribution >= 0.6 is 0 Å². The lowest BCUT2D eigenvalue weighted by molar-refractivity contribution is -0.136. The average Bonchev–Trinajstić information content (AvgIpc) is 3.52. The number of hydrazine groups is 1. The molecule has 216 valence electrons. The van der Waals surface area contributed by atoms with Crippen molar-refractivity contribution in [2.45, 2.75) is 51.6 Å². The summed E-state index contributed by atoms with van der Waals surface area (Å²) in [7, 11) is 0. The lowest BCUT2D eigenvalue weighted by Gasteiger charge is -2.30. The summed E-state index contributed by atoms with van der Waals surface area (Å²) in [4.78, 5) is 31.9. The van der Waals surface area contributed by atoms with E-state index in [1.165, 1.54) is 0 Å². The molecule has 0 bridgehead atoms. The molecule has 0 fully saturated rings. The van der Waals surface area contributed by atoms with Crippen molar-refractivity contribution >= 4 is 40.4 Å². The molecular formula is C32H36N8O2. The number of benzene rings is 2. The molecule has 1 aromatic heterocycles. The van der Waals surface area contributed by atoms with E-state index in [4.69, 9.17) is 5.73 Å². The van der Waals surface area contributed by atoms with Crippen LogP contribution in [0, 0.1) is 0 Å². The maximum atomic E-state index is 13.0. The van der Waals surface area contributed by atoms with Crippen molar-refractivity contribution < 1.29 is 9.59 Å². The van der Waals surface area contributed by atoms with Gasteiger partial charge < -0.3 is 16.0 Å². The summed E-state index contributed by atoms with van der Waals surface area (Å²) in [5.74, 6) is 0.468. The quantitative estimate of drug-likeness (QED) is 0.358. The Bertz CT molecular complexity index is 1640. The number of hydrogen-bond donors (Lipinski definition) is 3. The van der Waals surface area contributed by atoms with E-state index in [9.17, 15) is 9.59 Å². The Morgan fingerprint density at radius 1 is 1.12 bits per heavy atom. The van der Waals surface area contributed by atoms with Crippen LogP contribution in [0.15, 0.2) is 77.8 Å². The number of amides is 2. The van der Waals surface area contributed by atoms with Crippen LogP contribution in [0.3, 0.4) is 0 Å². The number of anilines is 1. The van der Waals surface area contributed by atoms with E-state index in [2.05, 4.69) is 39.0 Å². The number of rotatable bonds is 9.